The molecule has 0 fully saturated rings. The molecule has 0 spiro atoms. The number of benzene rings is 2. The van der Waals surface area contributed by atoms with E-state index >= 15 is 0 Å². The molecule has 0 aliphatic rings. The standard InChI is InChI=1S/C20H13N3OS/c24-17(18-10-5-11-25-18)12-23-16-9-4-1-6-13(16)19-20(23)22-15-8-3-2-7-14(15)21-19/h1-11H,12H2. The topological polar surface area (TPSA) is 47.8 Å². The van der Waals surface area contributed by atoms with Gasteiger partial charge in [0.05, 0.1) is 28.0 Å². The lowest BCUT2D eigenvalue weighted by Crippen LogP contribution is -2.09. The van der Waals surface area contributed by atoms with Crippen molar-refractivity contribution in [2.45, 2.75) is 6.54 Å². The van der Waals surface area contributed by atoms with Gasteiger partial charge in [-0.15, -0.1) is 11.3 Å². The molecule has 120 valence electrons. The van der Waals surface area contributed by atoms with E-state index in [-0.39, 0.29) is 12.3 Å². The minimum absolute atomic E-state index is 0.0904. The normalized spacial score (nSPS) is 11.5. The largest absolute Gasteiger partial charge is 0.316 e. The minimum Gasteiger partial charge on any atom is -0.316 e. The van der Waals surface area contributed by atoms with Crippen LogP contribution >= 0.6 is 11.3 Å². The molecule has 0 amide bonds. The lowest BCUT2D eigenvalue weighted by Gasteiger charge is -2.05. The maximum Gasteiger partial charge on any atom is 0.192 e. The van der Waals surface area contributed by atoms with Crippen molar-refractivity contribution in [3.63, 3.8) is 0 Å². The Labute approximate surface area is 147 Å². The Bertz CT molecular complexity index is 1240. The van der Waals surface area contributed by atoms with Crippen molar-refractivity contribution in [1.29, 1.82) is 0 Å². The first-order chi connectivity index (χ1) is 12.3. The summed E-state index contributed by atoms with van der Waals surface area (Å²) in [7, 11) is 0. The van der Waals surface area contributed by atoms with Gasteiger partial charge in [-0.2, -0.15) is 0 Å². The summed E-state index contributed by atoms with van der Waals surface area (Å²) in [5, 5.41) is 2.95. The van der Waals surface area contributed by atoms with Crippen molar-refractivity contribution in [2.24, 2.45) is 0 Å². The smallest absolute Gasteiger partial charge is 0.192 e. The van der Waals surface area contributed by atoms with Crippen molar-refractivity contribution in [2.75, 3.05) is 0 Å². The Kier molecular flexibility index (Phi) is 3.15. The summed E-state index contributed by atoms with van der Waals surface area (Å²) >= 11 is 1.47. The van der Waals surface area contributed by atoms with Crippen LogP contribution in [0.3, 0.4) is 0 Å². The van der Waals surface area contributed by atoms with Crippen LogP contribution in [-0.2, 0) is 6.54 Å². The van der Waals surface area contributed by atoms with Gasteiger partial charge < -0.3 is 4.57 Å². The molecule has 0 saturated carbocycles. The first kappa shape index (κ1) is 14.3. The van der Waals surface area contributed by atoms with E-state index in [1.165, 1.54) is 11.3 Å². The highest BCUT2D eigenvalue weighted by atomic mass is 32.1. The van der Waals surface area contributed by atoms with Crippen molar-refractivity contribution in [1.82, 2.24) is 14.5 Å². The number of ketones is 1. The molecule has 3 heterocycles. The number of rotatable bonds is 3. The Morgan fingerprint density at radius 2 is 1.68 bits per heavy atom. The van der Waals surface area contributed by atoms with E-state index in [4.69, 9.17) is 9.97 Å². The van der Waals surface area contributed by atoms with Crippen LogP contribution in [0.15, 0.2) is 66.0 Å². The summed E-state index contributed by atoms with van der Waals surface area (Å²) in [6.45, 7) is 0.261. The summed E-state index contributed by atoms with van der Waals surface area (Å²) in [5.41, 5.74) is 4.28. The number of fused-ring (bicyclic) bond motifs is 4. The second-order valence-electron chi connectivity index (χ2n) is 5.89. The van der Waals surface area contributed by atoms with E-state index in [1.807, 2.05) is 70.6 Å². The Morgan fingerprint density at radius 3 is 2.48 bits per heavy atom. The summed E-state index contributed by atoms with van der Waals surface area (Å²) in [4.78, 5) is 23.0. The molecule has 0 aliphatic carbocycles. The highest BCUT2D eigenvalue weighted by Gasteiger charge is 2.17. The van der Waals surface area contributed by atoms with Gasteiger partial charge in [-0.1, -0.05) is 36.4 Å². The Hall–Kier alpha value is -3.05. The number of Topliss-reactive ketones (excluding diaryl/α,β-unsaturated/α-hetero) is 1. The van der Waals surface area contributed by atoms with E-state index in [9.17, 15) is 4.79 Å². The van der Waals surface area contributed by atoms with Crippen LogP contribution in [-0.4, -0.2) is 20.3 Å². The number of nitrogens with zero attached hydrogens (tertiary/aromatic N) is 3. The molecule has 0 unspecified atom stereocenters. The summed E-state index contributed by atoms with van der Waals surface area (Å²) in [5.74, 6) is 0.0904. The average Bonchev–Trinajstić information content (AvgIpc) is 3.28. The number of hydrogen-bond acceptors (Lipinski definition) is 4. The number of aromatic nitrogens is 3. The summed E-state index contributed by atoms with van der Waals surface area (Å²) < 4.78 is 1.98. The molecule has 25 heavy (non-hydrogen) atoms. The van der Waals surface area contributed by atoms with Crippen LogP contribution < -0.4 is 0 Å². The third-order valence-electron chi connectivity index (χ3n) is 4.36. The van der Waals surface area contributed by atoms with Crippen molar-refractivity contribution in [3.8, 4) is 0 Å². The van der Waals surface area contributed by atoms with Crippen molar-refractivity contribution in [3.05, 3.63) is 70.9 Å². The second kappa shape index (κ2) is 5.50. The van der Waals surface area contributed by atoms with E-state index in [0.29, 0.717) is 0 Å². The molecular formula is C20H13N3OS. The molecule has 2 aromatic carbocycles. The van der Waals surface area contributed by atoms with Gasteiger partial charge in [0, 0.05) is 5.39 Å². The maximum atomic E-state index is 12.7. The fraction of sp³-hybridized carbons (Fsp3) is 0.0500. The number of thiophene rings is 1. The van der Waals surface area contributed by atoms with Gasteiger partial charge in [0.1, 0.15) is 5.52 Å². The number of hydrogen-bond donors (Lipinski definition) is 0. The summed E-state index contributed by atoms with van der Waals surface area (Å²) in [6, 6.07) is 19.6. The number of carbonyl (C=O) groups is 1. The van der Waals surface area contributed by atoms with E-state index in [2.05, 4.69) is 0 Å². The van der Waals surface area contributed by atoms with Gasteiger partial charge in [-0.25, -0.2) is 9.97 Å². The molecule has 5 heteroatoms. The molecule has 0 N–H and O–H groups in total. The fourth-order valence-electron chi connectivity index (χ4n) is 3.20. The number of para-hydroxylation sites is 3. The molecule has 5 rings (SSSR count). The Balaban J connectivity index is 1.80. The molecule has 5 aromatic rings. The van der Waals surface area contributed by atoms with Crippen LogP contribution in [0.2, 0.25) is 0 Å². The second-order valence-corrected chi connectivity index (χ2v) is 6.84. The predicted octanol–water partition coefficient (Wildman–Crippen LogP) is 4.68. The van der Waals surface area contributed by atoms with Gasteiger partial charge in [0.15, 0.2) is 11.4 Å². The van der Waals surface area contributed by atoms with Crippen molar-refractivity contribution >= 4 is 50.2 Å². The lowest BCUT2D eigenvalue weighted by atomic mass is 10.2. The zero-order chi connectivity index (χ0) is 16.8. The van der Waals surface area contributed by atoms with E-state index in [1.54, 1.807) is 0 Å². The van der Waals surface area contributed by atoms with Gasteiger partial charge in [0.25, 0.3) is 0 Å². The highest BCUT2D eigenvalue weighted by Crippen LogP contribution is 2.28. The van der Waals surface area contributed by atoms with Gasteiger partial charge >= 0.3 is 0 Å². The van der Waals surface area contributed by atoms with Gasteiger partial charge in [-0.3, -0.25) is 4.79 Å². The molecule has 0 atom stereocenters. The van der Waals surface area contributed by atoms with Gasteiger partial charge in [0.2, 0.25) is 0 Å². The SMILES string of the molecule is O=C(Cn1c2ccccc2c2nc3ccccc3nc21)c1cccs1. The minimum atomic E-state index is 0.0904. The first-order valence-corrected chi connectivity index (χ1v) is 8.90. The first-order valence-electron chi connectivity index (χ1n) is 8.02. The zero-order valence-electron chi connectivity index (χ0n) is 13.2. The van der Waals surface area contributed by atoms with Gasteiger partial charge in [-0.05, 0) is 29.6 Å². The van der Waals surface area contributed by atoms with E-state index < -0.39 is 0 Å². The third-order valence-corrected chi connectivity index (χ3v) is 5.27. The molecule has 0 aliphatic heterocycles. The monoisotopic (exact) mass is 343 g/mol. The molecule has 0 saturated heterocycles. The molecule has 3 aromatic heterocycles. The average molecular weight is 343 g/mol. The van der Waals surface area contributed by atoms with Crippen LogP contribution in [0.4, 0.5) is 0 Å². The van der Waals surface area contributed by atoms with Crippen LogP contribution in [0.25, 0.3) is 33.1 Å². The molecule has 0 bridgehead atoms. The lowest BCUT2D eigenvalue weighted by molar-refractivity contribution is 0.0978. The van der Waals surface area contributed by atoms with Crippen LogP contribution in [0.1, 0.15) is 9.67 Å². The van der Waals surface area contributed by atoms with Crippen molar-refractivity contribution < 1.29 is 4.79 Å². The zero-order valence-corrected chi connectivity index (χ0v) is 14.0. The number of carbonyl (C=O) groups excluding carboxylic acids is 1. The quantitative estimate of drug-likeness (QED) is 0.447. The Morgan fingerprint density at radius 1 is 0.920 bits per heavy atom. The summed E-state index contributed by atoms with van der Waals surface area (Å²) in [6.07, 6.45) is 0. The third kappa shape index (κ3) is 2.24. The predicted molar refractivity (Wildman–Crippen MR) is 101 cm³/mol. The molecule has 0 radical (unpaired) electrons. The molecule has 4 nitrogen and oxygen atoms in total. The highest BCUT2D eigenvalue weighted by molar-refractivity contribution is 7.12. The molecular weight excluding hydrogens is 330 g/mol. The van der Waals surface area contributed by atoms with Crippen LogP contribution in [0.5, 0.6) is 0 Å². The van der Waals surface area contributed by atoms with E-state index in [0.717, 1.165) is 38.0 Å². The maximum absolute atomic E-state index is 12.7. The fourth-order valence-corrected chi connectivity index (χ4v) is 3.86. The van der Waals surface area contributed by atoms with Crippen LogP contribution in [0, 0.1) is 0 Å².